The molecule has 1 aromatic heterocycles. The van der Waals surface area contributed by atoms with Gasteiger partial charge in [0.15, 0.2) is 16.9 Å². The molecule has 3 heterocycles. The second kappa shape index (κ2) is 8.98. The second-order valence-corrected chi connectivity index (χ2v) is 7.66. The number of hydrogen-bond acceptors (Lipinski definition) is 7. The van der Waals surface area contributed by atoms with Crippen LogP contribution in [0.1, 0.15) is 12.0 Å². The molecule has 2 fully saturated rings. The van der Waals surface area contributed by atoms with Gasteiger partial charge in [0.2, 0.25) is 0 Å². The molecule has 1 unspecified atom stereocenters. The number of morpholine rings is 1. The van der Waals surface area contributed by atoms with E-state index in [1.165, 1.54) is 0 Å². The molecule has 1 aromatic carbocycles. The minimum absolute atomic E-state index is 0.0585. The smallest absolute Gasteiger partial charge is 0.200 e. The van der Waals surface area contributed by atoms with Crippen LogP contribution >= 0.6 is 0 Å². The Labute approximate surface area is 170 Å². The van der Waals surface area contributed by atoms with Gasteiger partial charge in [0.1, 0.15) is 5.75 Å². The van der Waals surface area contributed by atoms with Crippen LogP contribution in [0.15, 0.2) is 34.0 Å². The SMILES string of the molecule is C=Cc1c(OCCC2CN(C)CCN2)ccc2c(=O)cc(N3CCOCC3)oc12. The summed E-state index contributed by atoms with van der Waals surface area (Å²) >= 11 is 0. The number of ether oxygens (including phenoxy) is 2. The summed E-state index contributed by atoms with van der Waals surface area (Å²) in [5, 5.41) is 4.07. The lowest BCUT2D eigenvalue weighted by Gasteiger charge is -2.30. The first-order valence-corrected chi connectivity index (χ1v) is 10.3. The van der Waals surface area contributed by atoms with Crippen LogP contribution in [0.25, 0.3) is 17.0 Å². The predicted octanol–water partition coefficient (Wildman–Crippen LogP) is 1.95. The van der Waals surface area contributed by atoms with Crippen LogP contribution in [0.2, 0.25) is 0 Å². The molecule has 7 heteroatoms. The van der Waals surface area contributed by atoms with Gasteiger partial charge in [-0.15, -0.1) is 0 Å². The third kappa shape index (κ3) is 4.47. The van der Waals surface area contributed by atoms with Gasteiger partial charge < -0.3 is 29.0 Å². The molecule has 2 aliphatic rings. The molecule has 29 heavy (non-hydrogen) atoms. The van der Waals surface area contributed by atoms with Crippen molar-refractivity contribution >= 4 is 22.9 Å². The Balaban J connectivity index is 1.56. The molecule has 0 saturated carbocycles. The molecule has 2 saturated heterocycles. The van der Waals surface area contributed by atoms with Gasteiger partial charge in [0.25, 0.3) is 0 Å². The van der Waals surface area contributed by atoms with Crippen molar-refractivity contribution in [1.29, 1.82) is 0 Å². The van der Waals surface area contributed by atoms with Crippen LogP contribution in [-0.2, 0) is 4.74 Å². The summed E-state index contributed by atoms with van der Waals surface area (Å²) in [6.07, 6.45) is 2.62. The summed E-state index contributed by atoms with van der Waals surface area (Å²) in [5.74, 6) is 1.26. The molecular weight excluding hydrogens is 370 g/mol. The van der Waals surface area contributed by atoms with Crippen molar-refractivity contribution in [2.45, 2.75) is 12.5 Å². The Morgan fingerprint density at radius 3 is 2.90 bits per heavy atom. The summed E-state index contributed by atoms with van der Waals surface area (Å²) in [4.78, 5) is 17.0. The van der Waals surface area contributed by atoms with Gasteiger partial charge in [-0.3, -0.25) is 4.79 Å². The van der Waals surface area contributed by atoms with Crippen LogP contribution in [-0.4, -0.2) is 70.5 Å². The fourth-order valence-corrected chi connectivity index (χ4v) is 3.96. The lowest BCUT2D eigenvalue weighted by Crippen LogP contribution is -2.49. The zero-order chi connectivity index (χ0) is 20.2. The van der Waals surface area contributed by atoms with Crippen LogP contribution in [0.4, 0.5) is 5.88 Å². The molecule has 4 rings (SSSR count). The molecule has 7 nitrogen and oxygen atoms in total. The number of anilines is 1. The number of rotatable bonds is 6. The summed E-state index contributed by atoms with van der Waals surface area (Å²) in [7, 11) is 2.14. The molecular formula is C22H29N3O4. The normalized spacial score (nSPS) is 20.7. The minimum Gasteiger partial charge on any atom is -0.493 e. The largest absolute Gasteiger partial charge is 0.493 e. The first-order chi connectivity index (χ1) is 14.2. The van der Waals surface area contributed by atoms with Crippen molar-refractivity contribution in [3.8, 4) is 5.75 Å². The predicted molar refractivity (Wildman–Crippen MR) is 115 cm³/mol. The maximum Gasteiger partial charge on any atom is 0.200 e. The van der Waals surface area contributed by atoms with E-state index in [-0.39, 0.29) is 5.43 Å². The zero-order valence-electron chi connectivity index (χ0n) is 17.0. The number of likely N-dealkylation sites (N-methyl/N-ethyl adjacent to an activating group) is 1. The zero-order valence-corrected chi connectivity index (χ0v) is 17.0. The van der Waals surface area contributed by atoms with Gasteiger partial charge in [0, 0.05) is 44.8 Å². The van der Waals surface area contributed by atoms with Crippen LogP contribution < -0.4 is 20.4 Å². The van der Waals surface area contributed by atoms with E-state index in [4.69, 9.17) is 13.9 Å². The Hall–Kier alpha value is -2.35. The molecule has 0 radical (unpaired) electrons. The Bertz CT molecular complexity index is 920. The minimum atomic E-state index is -0.0585. The summed E-state index contributed by atoms with van der Waals surface area (Å²) < 4.78 is 17.6. The van der Waals surface area contributed by atoms with Crippen molar-refractivity contribution in [3.05, 3.63) is 40.6 Å². The van der Waals surface area contributed by atoms with Crippen LogP contribution in [0.3, 0.4) is 0 Å². The average molecular weight is 399 g/mol. The maximum atomic E-state index is 12.7. The highest BCUT2D eigenvalue weighted by Gasteiger charge is 2.19. The van der Waals surface area contributed by atoms with Crippen molar-refractivity contribution in [1.82, 2.24) is 10.2 Å². The summed E-state index contributed by atoms with van der Waals surface area (Å²) in [5.41, 5.74) is 1.20. The highest BCUT2D eigenvalue weighted by Crippen LogP contribution is 2.30. The first kappa shape index (κ1) is 19.9. The molecule has 2 aromatic rings. The van der Waals surface area contributed by atoms with E-state index >= 15 is 0 Å². The Morgan fingerprint density at radius 1 is 1.31 bits per heavy atom. The van der Waals surface area contributed by atoms with E-state index in [0.29, 0.717) is 61.6 Å². The lowest BCUT2D eigenvalue weighted by atomic mass is 10.1. The van der Waals surface area contributed by atoms with Crippen molar-refractivity contribution < 1.29 is 13.9 Å². The number of hydrogen-bond donors (Lipinski definition) is 1. The van der Waals surface area contributed by atoms with E-state index in [0.717, 1.165) is 31.6 Å². The number of piperazine rings is 1. The Kier molecular flexibility index (Phi) is 6.18. The molecule has 0 amide bonds. The highest BCUT2D eigenvalue weighted by atomic mass is 16.5. The van der Waals surface area contributed by atoms with E-state index < -0.39 is 0 Å². The molecule has 156 valence electrons. The van der Waals surface area contributed by atoms with Crippen molar-refractivity contribution in [3.63, 3.8) is 0 Å². The van der Waals surface area contributed by atoms with Gasteiger partial charge >= 0.3 is 0 Å². The van der Waals surface area contributed by atoms with E-state index in [2.05, 4.69) is 23.8 Å². The first-order valence-electron chi connectivity index (χ1n) is 10.3. The van der Waals surface area contributed by atoms with Crippen molar-refractivity contribution in [2.24, 2.45) is 0 Å². The molecule has 2 aliphatic heterocycles. The van der Waals surface area contributed by atoms with Gasteiger partial charge in [-0.1, -0.05) is 12.7 Å². The fraction of sp³-hybridized carbons (Fsp3) is 0.500. The summed E-state index contributed by atoms with van der Waals surface area (Å²) in [6, 6.07) is 5.60. The second-order valence-electron chi connectivity index (χ2n) is 7.66. The molecule has 1 atom stereocenters. The molecule has 0 bridgehead atoms. The third-order valence-electron chi connectivity index (χ3n) is 5.59. The van der Waals surface area contributed by atoms with Gasteiger partial charge in [0.05, 0.1) is 30.8 Å². The Morgan fingerprint density at radius 2 is 2.14 bits per heavy atom. The standard InChI is InChI=1S/C22H29N3O4/c1-3-17-20(28-11-6-16-15-24(2)8-7-23-16)5-4-18-19(26)14-21(29-22(17)18)25-9-12-27-13-10-25/h3-5,14,16,23H,1,6-13,15H2,2H3. The number of fused-ring (bicyclic) bond motifs is 1. The molecule has 0 aliphatic carbocycles. The molecule has 1 N–H and O–H groups in total. The topological polar surface area (TPSA) is 67.2 Å². The number of benzene rings is 1. The van der Waals surface area contributed by atoms with Gasteiger partial charge in [-0.05, 0) is 25.6 Å². The number of nitrogens with zero attached hydrogens (tertiary/aromatic N) is 2. The monoisotopic (exact) mass is 399 g/mol. The third-order valence-corrected chi connectivity index (χ3v) is 5.59. The van der Waals surface area contributed by atoms with Crippen molar-refractivity contribution in [2.75, 3.05) is 64.5 Å². The summed E-state index contributed by atoms with van der Waals surface area (Å²) in [6.45, 7) is 10.3. The fourth-order valence-electron chi connectivity index (χ4n) is 3.96. The van der Waals surface area contributed by atoms with Crippen LogP contribution in [0.5, 0.6) is 5.75 Å². The van der Waals surface area contributed by atoms with Crippen LogP contribution in [0, 0.1) is 0 Å². The lowest BCUT2D eigenvalue weighted by molar-refractivity contribution is 0.121. The van der Waals surface area contributed by atoms with Gasteiger partial charge in [-0.2, -0.15) is 0 Å². The average Bonchev–Trinajstić information content (AvgIpc) is 2.74. The quantitative estimate of drug-likeness (QED) is 0.796. The van der Waals surface area contributed by atoms with E-state index in [9.17, 15) is 4.79 Å². The highest BCUT2D eigenvalue weighted by molar-refractivity contribution is 5.88. The van der Waals surface area contributed by atoms with E-state index in [1.807, 2.05) is 11.0 Å². The van der Waals surface area contributed by atoms with Gasteiger partial charge in [-0.25, -0.2) is 0 Å². The van der Waals surface area contributed by atoms with E-state index in [1.54, 1.807) is 18.2 Å². The molecule has 0 spiro atoms. The number of nitrogens with one attached hydrogen (secondary N) is 1. The maximum absolute atomic E-state index is 12.7.